The minimum absolute atomic E-state index is 0.0576. The summed E-state index contributed by atoms with van der Waals surface area (Å²) in [5.74, 6) is -0.974. The molecule has 0 saturated carbocycles. The summed E-state index contributed by atoms with van der Waals surface area (Å²) < 4.78 is 1.55. The number of carboxylic acids is 1. The number of rotatable bonds is 5. The van der Waals surface area contributed by atoms with Crippen LogP contribution < -0.4 is 5.56 Å². The summed E-state index contributed by atoms with van der Waals surface area (Å²) in [5, 5.41) is 9.48. The van der Waals surface area contributed by atoms with Crippen LogP contribution in [0.2, 0.25) is 10.0 Å². The molecular weight excluding hydrogens is 433 g/mol. The molecule has 2 aromatic carbocycles. The quantitative estimate of drug-likeness (QED) is 0.503. The molecule has 1 aliphatic rings. The van der Waals surface area contributed by atoms with Gasteiger partial charge in [0.1, 0.15) is 5.02 Å². The molecule has 0 atom stereocenters. The highest BCUT2D eigenvalue weighted by Gasteiger charge is 2.15. The van der Waals surface area contributed by atoms with Gasteiger partial charge in [0.2, 0.25) is 0 Å². The topological polar surface area (TPSA) is 59.3 Å². The van der Waals surface area contributed by atoms with Crippen molar-refractivity contribution in [3.05, 3.63) is 109 Å². The molecule has 0 bridgehead atoms. The lowest BCUT2D eigenvalue weighted by Crippen LogP contribution is -2.24. The van der Waals surface area contributed by atoms with Gasteiger partial charge in [-0.05, 0) is 54.2 Å². The smallest absolute Gasteiger partial charge is 0.335 e. The SMILES string of the molecule is O=C(O)c1ccc(CCn2c(C=C=C3CCc4ccccc43)c(Cl)cc(Cl)c2=O)cc1. The second-order valence-corrected chi connectivity index (χ2v) is 8.17. The van der Waals surface area contributed by atoms with Gasteiger partial charge >= 0.3 is 5.97 Å². The van der Waals surface area contributed by atoms with Gasteiger partial charge in [-0.3, -0.25) is 4.79 Å². The predicted octanol–water partition coefficient (Wildman–Crippen LogP) is 5.74. The Morgan fingerprint density at radius 2 is 1.81 bits per heavy atom. The maximum atomic E-state index is 12.7. The van der Waals surface area contributed by atoms with Crippen LogP contribution in [0.3, 0.4) is 0 Å². The number of carbonyl (C=O) groups is 1. The molecule has 0 radical (unpaired) electrons. The molecule has 0 fully saturated rings. The molecule has 0 saturated heterocycles. The highest BCUT2D eigenvalue weighted by atomic mass is 35.5. The lowest BCUT2D eigenvalue weighted by molar-refractivity contribution is 0.0697. The third-order valence-electron chi connectivity index (χ3n) is 5.43. The Kier molecular flexibility index (Phi) is 6.15. The van der Waals surface area contributed by atoms with Crippen molar-refractivity contribution in [3.63, 3.8) is 0 Å². The number of aromatic nitrogens is 1. The number of benzene rings is 2. The third-order valence-corrected chi connectivity index (χ3v) is 6.01. The first-order valence-electron chi connectivity index (χ1n) is 9.89. The summed E-state index contributed by atoms with van der Waals surface area (Å²) in [4.78, 5) is 23.8. The molecule has 1 N–H and O–H groups in total. The zero-order chi connectivity index (χ0) is 22.0. The van der Waals surface area contributed by atoms with Crippen molar-refractivity contribution in [2.75, 3.05) is 0 Å². The van der Waals surface area contributed by atoms with Crippen LogP contribution in [0.1, 0.15) is 39.2 Å². The lowest BCUT2D eigenvalue weighted by atomic mass is 10.1. The molecule has 0 aliphatic heterocycles. The van der Waals surface area contributed by atoms with Crippen molar-refractivity contribution in [3.8, 4) is 0 Å². The minimum Gasteiger partial charge on any atom is -0.478 e. The molecule has 6 heteroatoms. The van der Waals surface area contributed by atoms with Crippen LogP contribution in [0.25, 0.3) is 11.6 Å². The van der Waals surface area contributed by atoms with Crippen LogP contribution >= 0.6 is 23.2 Å². The molecule has 3 aromatic rings. The van der Waals surface area contributed by atoms with E-state index in [9.17, 15) is 9.59 Å². The van der Waals surface area contributed by atoms with Crippen LogP contribution in [0, 0.1) is 0 Å². The molecule has 4 rings (SSSR count). The number of carboxylic acid groups (broad SMARTS) is 1. The molecular formula is C25H19Cl2NO3. The Morgan fingerprint density at radius 3 is 2.55 bits per heavy atom. The Bertz CT molecular complexity index is 1280. The Morgan fingerprint density at radius 1 is 1.06 bits per heavy atom. The van der Waals surface area contributed by atoms with E-state index >= 15 is 0 Å². The highest BCUT2D eigenvalue weighted by Crippen LogP contribution is 2.31. The molecule has 0 unspecified atom stereocenters. The fraction of sp³-hybridized carbons (Fsp3) is 0.160. The molecule has 1 aromatic heterocycles. The number of hydrogen-bond acceptors (Lipinski definition) is 2. The van der Waals surface area contributed by atoms with Gasteiger partial charge in [-0.25, -0.2) is 4.79 Å². The van der Waals surface area contributed by atoms with Crippen LogP contribution in [0.5, 0.6) is 0 Å². The molecule has 156 valence electrons. The van der Waals surface area contributed by atoms with Gasteiger partial charge in [0, 0.05) is 18.2 Å². The summed E-state index contributed by atoms with van der Waals surface area (Å²) in [5.41, 5.74) is 8.26. The number of allylic oxidation sites excluding steroid dienone is 1. The molecule has 0 spiro atoms. The molecule has 1 aliphatic carbocycles. The van der Waals surface area contributed by atoms with Crippen molar-refractivity contribution in [1.82, 2.24) is 4.57 Å². The maximum absolute atomic E-state index is 12.7. The third kappa shape index (κ3) is 4.52. The van der Waals surface area contributed by atoms with E-state index < -0.39 is 5.97 Å². The van der Waals surface area contributed by atoms with Crippen molar-refractivity contribution >= 4 is 40.8 Å². The largest absolute Gasteiger partial charge is 0.478 e. The summed E-state index contributed by atoms with van der Waals surface area (Å²) >= 11 is 12.5. The van der Waals surface area contributed by atoms with Crippen LogP contribution in [-0.4, -0.2) is 15.6 Å². The highest BCUT2D eigenvalue weighted by molar-refractivity contribution is 6.35. The van der Waals surface area contributed by atoms with Crippen molar-refractivity contribution in [2.24, 2.45) is 0 Å². The second kappa shape index (κ2) is 8.99. The van der Waals surface area contributed by atoms with Gasteiger partial charge in [-0.15, -0.1) is 5.73 Å². The van der Waals surface area contributed by atoms with Gasteiger partial charge in [-0.1, -0.05) is 59.6 Å². The summed E-state index contributed by atoms with van der Waals surface area (Å²) in [6, 6.07) is 16.3. The average molecular weight is 452 g/mol. The zero-order valence-electron chi connectivity index (χ0n) is 16.6. The average Bonchev–Trinajstić information content (AvgIpc) is 3.18. The molecule has 4 nitrogen and oxygen atoms in total. The van der Waals surface area contributed by atoms with Crippen LogP contribution in [0.4, 0.5) is 0 Å². The van der Waals surface area contributed by atoms with E-state index in [0.717, 1.165) is 24.0 Å². The normalized spacial score (nSPS) is 12.4. The second-order valence-electron chi connectivity index (χ2n) is 7.36. The van der Waals surface area contributed by atoms with Gasteiger partial charge in [0.05, 0.1) is 16.3 Å². The lowest BCUT2D eigenvalue weighted by Gasteiger charge is -2.12. The number of nitrogens with zero attached hydrogens (tertiary/aromatic N) is 1. The van der Waals surface area contributed by atoms with Crippen molar-refractivity contribution in [2.45, 2.75) is 25.8 Å². The summed E-state index contributed by atoms with van der Waals surface area (Å²) in [7, 11) is 0. The summed E-state index contributed by atoms with van der Waals surface area (Å²) in [6.07, 6.45) is 4.14. The number of aromatic carboxylic acids is 1. The first-order chi connectivity index (χ1) is 14.9. The van der Waals surface area contributed by atoms with E-state index in [1.54, 1.807) is 34.9 Å². The summed E-state index contributed by atoms with van der Waals surface area (Å²) in [6.45, 7) is 0.352. The van der Waals surface area contributed by atoms with E-state index in [2.05, 4.69) is 17.9 Å². The Balaban J connectivity index is 1.68. The fourth-order valence-electron chi connectivity index (χ4n) is 3.77. The number of halogens is 2. The van der Waals surface area contributed by atoms with Crippen molar-refractivity contribution in [1.29, 1.82) is 0 Å². The Labute approximate surface area is 189 Å². The van der Waals surface area contributed by atoms with Gasteiger partial charge < -0.3 is 9.67 Å². The van der Waals surface area contributed by atoms with Gasteiger partial charge in [0.15, 0.2) is 0 Å². The molecule has 31 heavy (non-hydrogen) atoms. The predicted molar refractivity (Wildman–Crippen MR) is 124 cm³/mol. The van der Waals surface area contributed by atoms with Crippen molar-refractivity contribution < 1.29 is 9.90 Å². The van der Waals surface area contributed by atoms with E-state index in [0.29, 0.717) is 23.7 Å². The molecule has 1 heterocycles. The number of pyridine rings is 1. The number of aryl methyl sites for hydroxylation is 2. The number of hydrogen-bond donors (Lipinski definition) is 1. The first-order valence-corrected chi connectivity index (χ1v) is 10.6. The van der Waals surface area contributed by atoms with Gasteiger partial charge in [-0.2, -0.15) is 0 Å². The standard InChI is InChI=1S/C25H19Cl2NO3/c26-21-15-22(27)24(29)28(14-13-16-5-7-19(8-6-16)25(30)31)23(21)12-11-18-10-9-17-3-1-2-4-20(17)18/h1-8,12,15H,9-10,13-14H2,(H,30,31). The number of fused-ring (bicyclic) bond motifs is 1. The molecule has 0 amide bonds. The minimum atomic E-state index is -0.974. The maximum Gasteiger partial charge on any atom is 0.335 e. The Hall–Kier alpha value is -3.04. The van der Waals surface area contributed by atoms with Gasteiger partial charge in [0.25, 0.3) is 5.56 Å². The van der Waals surface area contributed by atoms with E-state index in [1.807, 2.05) is 12.1 Å². The monoisotopic (exact) mass is 451 g/mol. The van der Waals surface area contributed by atoms with E-state index in [-0.39, 0.29) is 16.1 Å². The van der Waals surface area contributed by atoms with E-state index in [1.165, 1.54) is 17.2 Å². The van der Waals surface area contributed by atoms with Crippen LogP contribution in [-0.2, 0) is 19.4 Å². The zero-order valence-corrected chi connectivity index (χ0v) is 18.1. The van der Waals surface area contributed by atoms with Crippen LogP contribution in [0.15, 0.2) is 65.1 Å². The fourth-order valence-corrected chi connectivity index (χ4v) is 4.30. The first kappa shape index (κ1) is 21.2. The van der Waals surface area contributed by atoms with E-state index in [4.69, 9.17) is 28.3 Å².